The first kappa shape index (κ1) is 11.0. The van der Waals surface area contributed by atoms with Gasteiger partial charge in [-0.3, -0.25) is 0 Å². The Morgan fingerprint density at radius 1 is 1.69 bits per heavy atom. The fourth-order valence-electron chi connectivity index (χ4n) is 0.809. The van der Waals surface area contributed by atoms with Crippen molar-refractivity contribution in [2.24, 2.45) is 0 Å². The Morgan fingerprint density at radius 3 is 2.92 bits per heavy atom. The molecule has 0 aliphatic heterocycles. The van der Waals surface area contributed by atoms with Gasteiger partial charge in [0.05, 0.1) is 6.10 Å². The zero-order valence-corrected chi connectivity index (χ0v) is 10.0. The van der Waals surface area contributed by atoms with E-state index >= 15 is 0 Å². The largest absolute Gasteiger partial charge is 0.392 e. The lowest BCUT2D eigenvalue weighted by Gasteiger charge is -2.07. The van der Waals surface area contributed by atoms with E-state index in [2.05, 4.69) is 32.9 Å². The second kappa shape index (κ2) is 4.97. The molecule has 0 spiro atoms. The standard InChI is InChI=1S/C8H10ClIN2O/c1-5(13)4-11-8-3-6(10)2-7(9)12-8/h2-3,5,13H,4H2,1H3,(H,11,12). The fraction of sp³-hybridized carbons (Fsp3) is 0.375. The van der Waals surface area contributed by atoms with Crippen LogP contribution in [-0.2, 0) is 0 Å². The molecule has 0 aliphatic rings. The van der Waals surface area contributed by atoms with Crippen molar-refractivity contribution < 1.29 is 5.11 Å². The Bertz CT molecular complexity index is 273. The van der Waals surface area contributed by atoms with Crippen LogP contribution < -0.4 is 5.32 Å². The summed E-state index contributed by atoms with van der Waals surface area (Å²) in [6, 6.07) is 3.64. The second-order valence-electron chi connectivity index (χ2n) is 2.72. The molecular weight excluding hydrogens is 302 g/mol. The SMILES string of the molecule is CC(O)CNc1cc(I)cc(Cl)n1. The normalized spacial score (nSPS) is 12.6. The van der Waals surface area contributed by atoms with Crippen LogP contribution in [0.25, 0.3) is 0 Å². The molecule has 5 heteroatoms. The third-order valence-electron chi connectivity index (χ3n) is 1.34. The number of aliphatic hydroxyl groups excluding tert-OH is 1. The van der Waals surface area contributed by atoms with Gasteiger partial charge in [-0.15, -0.1) is 0 Å². The lowest BCUT2D eigenvalue weighted by atomic mass is 10.4. The third-order valence-corrected chi connectivity index (χ3v) is 2.15. The van der Waals surface area contributed by atoms with Crippen molar-refractivity contribution in [3.05, 3.63) is 20.9 Å². The highest BCUT2D eigenvalue weighted by molar-refractivity contribution is 14.1. The summed E-state index contributed by atoms with van der Waals surface area (Å²) in [5, 5.41) is 12.5. The Kier molecular flexibility index (Phi) is 4.21. The van der Waals surface area contributed by atoms with Gasteiger partial charge in [0.1, 0.15) is 11.0 Å². The fourth-order valence-corrected chi connectivity index (χ4v) is 1.79. The molecule has 0 aliphatic carbocycles. The average molecular weight is 313 g/mol. The second-order valence-corrected chi connectivity index (χ2v) is 4.36. The van der Waals surface area contributed by atoms with E-state index in [0.29, 0.717) is 17.5 Å². The van der Waals surface area contributed by atoms with Gasteiger partial charge in [-0.25, -0.2) is 4.98 Å². The van der Waals surface area contributed by atoms with Gasteiger partial charge in [0.2, 0.25) is 0 Å². The van der Waals surface area contributed by atoms with E-state index < -0.39 is 6.10 Å². The smallest absolute Gasteiger partial charge is 0.132 e. The lowest BCUT2D eigenvalue weighted by molar-refractivity contribution is 0.208. The number of hydrogen-bond acceptors (Lipinski definition) is 3. The number of nitrogens with one attached hydrogen (secondary N) is 1. The minimum atomic E-state index is -0.390. The molecule has 3 nitrogen and oxygen atoms in total. The van der Waals surface area contributed by atoms with Crippen LogP contribution in [0.5, 0.6) is 0 Å². The molecule has 1 unspecified atom stereocenters. The zero-order chi connectivity index (χ0) is 9.84. The molecule has 1 atom stereocenters. The summed E-state index contributed by atoms with van der Waals surface area (Å²) in [5.41, 5.74) is 0. The molecule has 72 valence electrons. The highest BCUT2D eigenvalue weighted by Gasteiger charge is 2.00. The minimum Gasteiger partial charge on any atom is -0.392 e. The first-order valence-corrected chi connectivity index (χ1v) is 5.28. The third kappa shape index (κ3) is 4.10. The van der Waals surface area contributed by atoms with Gasteiger partial charge in [-0.2, -0.15) is 0 Å². The molecule has 13 heavy (non-hydrogen) atoms. The van der Waals surface area contributed by atoms with Crippen molar-refractivity contribution in [1.29, 1.82) is 0 Å². The molecule has 1 rings (SSSR count). The van der Waals surface area contributed by atoms with Crippen LogP contribution in [0.15, 0.2) is 12.1 Å². The molecule has 0 fully saturated rings. The van der Waals surface area contributed by atoms with Crippen molar-refractivity contribution in [1.82, 2.24) is 4.98 Å². The minimum absolute atomic E-state index is 0.390. The number of aliphatic hydroxyl groups is 1. The van der Waals surface area contributed by atoms with E-state index in [1.54, 1.807) is 13.0 Å². The predicted octanol–water partition coefficient (Wildman–Crippen LogP) is 2.13. The van der Waals surface area contributed by atoms with Crippen LogP contribution in [0, 0.1) is 3.57 Å². The topological polar surface area (TPSA) is 45.1 Å². The van der Waals surface area contributed by atoms with Crippen LogP contribution in [0.3, 0.4) is 0 Å². The Morgan fingerprint density at radius 2 is 2.38 bits per heavy atom. The van der Waals surface area contributed by atoms with Gasteiger partial charge in [0, 0.05) is 10.1 Å². The number of halogens is 2. The number of pyridine rings is 1. The maximum Gasteiger partial charge on any atom is 0.132 e. The predicted molar refractivity (Wildman–Crippen MR) is 62.1 cm³/mol. The summed E-state index contributed by atoms with van der Waals surface area (Å²) < 4.78 is 1.02. The van der Waals surface area contributed by atoms with Gasteiger partial charge < -0.3 is 10.4 Å². The molecule has 0 amide bonds. The van der Waals surface area contributed by atoms with Crippen LogP contribution in [0.2, 0.25) is 5.15 Å². The molecule has 0 saturated heterocycles. The van der Waals surface area contributed by atoms with Crippen molar-refractivity contribution in [3.8, 4) is 0 Å². The molecule has 0 radical (unpaired) electrons. The average Bonchev–Trinajstić information content (AvgIpc) is 1.99. The van der Waals surface area contributed by atoms with Crippen molar-refractivity contribution in [2.45, 2.75) is 13.0 Å². The summed E-state index contributed by atoms with van der Waals surface area (Å²) in [4.78, 5) is 4.04. The molecule has 1 heterocycles. The van der Waals surface area contributed by atoms with Gasteiger partial charge in [0.25, 0.3) is 0 Å². The van der Waals surface area contributed by atoms with E-state index in [1.807, 2.05) is 6.07 Å². The van der Waals surface area contributed by atoms with E-state index in [9.17, 15) is 0 Å². The van der Waals surface area contributed by atoms with Gasteiger partial charge in [-0.1, -0.05) is 11.6 Å². The molecular formula is C8H10ClIN2O. The Labute approximate surface area is 95.7 Å². The maximum atomic E-state index is 9.03. The summed E-state index contributed by atoms with van der Waals surface area (Å²) in [5.74, 6) is 0.692. The number of aromatic nitrogens is 1. The maximum absolute atomic E-state index is 9.03. The number of anilines is 1. The van der Waals surface area contributed by atoms with E-state index in [1.165, 1.54) is 0 Å². The Hall–Kier alpha value is -0.0700. The summed E-state index contributed by atoms with van der Waals surface area (Å²) in [7, 11) is 0. The molecule has 2 N–H and O–H groups in total. The number of rotatable bonds is 3. The molecule has 1 aromatic rings. The molecule has 0 bridgehead atoms. The highest BCUT2D eigenvalue weighted by atomic mass is 127. The van der Waals surface area contributed by atoms with Crippen molar-refractivity contribution in [2.75, 3.05) is 11.9 Å². The van der Waals surface area contributed by atoms with Gasteiger partial charge in [0.15, 0.2) is 0 Å². The summed E-state index contributed by atoms with van der Waals surface area (Å²) in [6.07, 6.45) is -0.390. The summed E-state index contributed by atoms with van der Waals surface area (Å²) >= 11 is 7.91. The van der Waals surface area contributed by atoms with Gasteiger partial charge in [-0.05, 0) is 41.6 Å². The van der Waals surface area contributed by atoms with Crippen LogP contribution in [0.1, 0.15) is 6.92 Å². The first-order valence-electron chi connectivity index (χ1n) is 3.83. The van der Waals surface area contributed by atoms with Crippen LogP contribution in [0.4, 0.5) is 5.82 Å². The monoisotopic (exact) mass is 312 g/mol. The zero-order valence-electron chi connectivity index (χ0n) is 7.09. The van der Waals surface area contributed by atoms with E-state index in [4.69, 9.17) is 16.7 Å². The lowest BCUT2D eigenvalue weighted by Crippen LogP contribution is -2.16. The van der Waals surface area contributed by atoms with Gasteiger partial charge >= 0.3 is 0 Å². The molecule has 0 aromatic carbocycles. The molecule has 1 aromatic heterocycles. The van der Waals surface area contributed by atoms with Crippen molar-refractivity contribution in [3.63, 3.8) is 0 Å². The van der Waals surface area contributed by atoms with E-state index in [-0.39, 0.29) is 0 Å². The van der Waals surface area contributed by atoms with Crippen molar-refractivity contribution >= 4 is 40.0 Å². The van der Waals surface area contributed by atoms with Crippen LogP contribution in [-0.4, -0.2) is 22.7 Å². The number of hydrogen-bond donors (Lipinski definition) is 2. The Balaban J connectivity index is 2.66. The van der Waals surface area contributed by atoms with E-state index in [0.717, 1.165) is 3.57 Å². The van der Waals surface area contributed by atoms with Crippen LogP contribution >= 0.6 is 34.2 Å². The summed E-state index contributed by atoms with van der Waals surface area (Å²) in [6.45, 7) is 2.19. The molecule has 0 saturated carbocycles. The quantitative estimate of drug-likeness (QED) is 0.664. The highest BCUT2D eigenvalue weighted by Crippen LogP contribution is 2.15. The first-order chi connectivity index (χ1) is 6.08. The number of nitrogens with zero attached hydrogens (tertiary/aromatic N) is 1.